The van der Waals surface area contributed by atoms with Gasteiger partial charge in [-0.05, 0) is 30.5 Å². The molecule has 0 unspecified atom stereocenters. The maximum Gasteiger partial charge on any atom is 0.323 e. The van der Waals surface area contributed by atoms with Gasteiger partial charge in [-0.3, -0.25) is 9.59 Å². The molecule has 0 atom stereocenters. The number of benzene rings is 1. The maximum absolute atomic E-state index is 12.0. The second-order valence-electron chi connectivity index (χ2n) is 3.97. The Kier molecular flexibility index (Phi) is 2.64. The molecule has 1 heterocycles. The van der Waals surface area contributed by atoms with Gasteiger partial charge in [-0.1, -0.05) is 12.1 Å². The summed E-state index contributed by atoms with van der Waals surface area (Å²) in [6.07, 6.45) is 0.737. The van der Waals surface area contributed by atoms with E-state index in [1.165, 1.54) is 4.90 Å². The van der Waals surface area contributed by atoms with E-state index >= 15 is 0 Å². The summed E-state index contributed by atoms with van der Waals surface area (Å²) in [4.78, 5) is 23.9. The van der Waals surface area contributed by atoms with Crippen LogP contribution in [0.2, 0.25) is 0 Å². The number of carbonyl (C=O) groups excluding carboxylic acids is 1. The number of hydrogen-bond acceptors (Lipinski definition) is 2. The number of carbonyl (C=O) groups is 2. The van der Waals surface area contributed by atoms with Crippen LogP contribution in [0.1, 0.15) is 21.5 Å². The Morgan fingerprint density at radius 2 is 2.25 bits per heavy atom. The fraction of sp³-hybridized carbons (Fsp3) is 0.333. The SMILES string of the molecule is Cc1cccc2c1CCN(CC(=O)O)C2=O. The van der Waals surface area contributed by atoms with Crippen molar-refractivity contribution in [2.75, 3.05) is 13.1 Å². The third-order valence-corrected chi connectivity index (χ3v) is 2.89. The molecule has 0 aliphatic carbocycles. The smallest absolute Gasteiger partial charge is 0.323 e. The van der Waals surface area contributed by atoms with Gasteiger partial charge in [0, 0.05) is 12.1 Å². The minimum absolute atomic E-state index is 0.174. The van der Waals surface area contributed by atoms with Crippen molar-refractivity contribution in [2.45, 2.75) is 13.3 Å². The zero-order valence-electron chi connectivity index (χ0n) is 9.06. The number of aliphatic carboxylic acids is 1. The Morgan fingerprint density at radius 3 is 2.94 bits per heavy atom. The van der Waals surface area contributed by atoms with Crippen molar-refractivity contribution in [2.24, 2.45) is 0 Å². The highest BCUT2D eigenvalue weighted by Gasteiger charge is 2.26. The van der Waals surface area contributed by atoms with Crippen LogP contribution in [0.5, 0.6) is 0 Å². The first-order valence-corrected chi connectivity index (χ1v) is 5.19. The molecule has 1 amide bonds. The lowest BCUT2D eigenvalue weighted by atomic mass is 9.95. The van der Waals surface area contributed by atoms with Gasteiger partial charge < -0.3 is 10.0 Å². The summed E-state index contributed by atoms with van der Waals surface area (Å²) in [6.45, 7) is 2.24. The number of hydrogen-bond donors (Lipinski definition) is 1. The molecule has 16 heavy (non-hydrogen) atoms. The quantitative estimate of drug-likeness (QED) is 0.809. The Labute approximate surface area is 93.5 Å². The van der Waals surface area contributed by atoms with Gasteiger partial charge >= 0.3 is 5.97 Å². The molecule has 1 aromatic carbocycles. The molecule has 0 fully saturated rings. The zero-order valence-corrected chi connectivity index (χ0v) is 9.06. The molecule has 4 heteroatoms. The Balaban J connectivity index is 2.32. The first-order valence-electron chi connectivity index (χ1n) is 5.19. The monoisotopic (exact) mass is 219 g/mol. The van der Waals surface area contributed by atoms with Gasteiger partial charge in [0.15, 0.2) is 0 Å². The number of aryl methyl sites for hydroxylation is 1. The minimum Gasteiger partial charge on any atom is -0.480 e. The Morgan fingerprint density at radius 1 is 1.50 bits per heavy atom. The number of rotatable bonds is 2. The van der Waals surface area contributed by atoms with Crippen LogP contribution in [0.25, 0.3) is 0 Å². The molecule has 1 aromatic rings. The van der Waals surface area contributed by atoms with E-state index in [0.29, 0.717) is 12.1 Å². The highest BCUT2D eigenvalue weighted by atomic mass is 16.4. The predicted molar refractivity (Wildman–Crippen MR) is 58.4 cm³/mol. The van der Waals surface area contributed by atoms with Gasteiger partial charge in [-0.2, -0.15) is 0 Å². The fourth-order valence-corrected chi connectivity index (χ4v) is 2.07. The van der Waals surface area contributed by atoms with E-state index in [9.17, 15) is 9.59 Å². The van der Waals surface area contributed by atoms with E-state index in [0.717, 1.165) is 17.5 Å². The van der Waals surface area contributed by atoms with Crippen LogP contribution in [0, 0.1) is 6.92 Å². The van der Waals surface area contributed by atoms with Crippen molar-refractivity contribution >= 4 is 11.9 Å². The van der Waals surface area contributed by atoms with Crippen molar-refractivity contribution in [1.29, 1.82) is 0 Å². The molecule has 0 radical (unpaired) electrons. The number of fused-ring (bicyclic) bond motifs is 1. The van der Waals surface area contributed by atoms with Gasteiger partial charge in [-0.15, -0.1) is 0 Å². The van der Waals surface area contributed by atoms with Crippen LogP contribution >= 0.6 is 0 Å². The molecular weight excluding hydrogens is 206 g/mol. The molecule has 0 bridgehead atoms. The summed E-state index contributed by atoms with van der Waals surface area (Å²) in [5.74, 6) is -1.14. The lowest BCUT2D eigenvalue weighted by Crippen LogP contribution is -2.41. The van der Waals surface area contributed by atoms with Crippen LogP contribution in [0.15, 0.2) is 18.2 Å². The van der Waals surface area contributed by atoms with Crippen molar-refractivity contribution in [3.8, 4) is 0 Å². The predicted octanol–water partition coefficient (Wildman–Crippen LogP) is 1.08. The van der Waals surface area contributed by atoms with E-state index in [-0.39, 0.29) is 12.5 Å². The summed E-state index contributed by atoms with van der Waals surface area (Å²) in [7, 11) is 0. The molecule has 0 spiro atoms. The second-order valence-corrected chi connectivity index (χ2v) is 3.97. The molecule has 0 aromatic heterocycles. The molecule has 84 valence electrons. The van der Waals surface area contributed by atoms with Gasteiger partial charge in [0.25, 0.3) is 5.91 Å². The number of carboxylic acid groups (broad SMARTS) is 1. The molecule has 0 saturated carbocycles. The molecule has 1 aliphatic heterocycles. The van der Waals surface area contributed by atoms with Crippen molar-refractivity contribution in [3.63, 3.8) is 0 Å². The van der Waals surface area contributed by atoms with Crippen LogP contribution in [-0.4, -0.2) is 35.0 Å². The summed E-state index contributed by atoms with van der Waals surface area (Å²) in [5, 5.41) is 8.69. The van der Waals surface area contributed by atoms with Gasteiger partial charge in [0.1, 0.15) is 6.54 Å². The Hall–Kier alpha value is -1.84. The van der Waals surface area contributed by atoms with E-state index in [4.69, 9.17) is 5.11 Å². The first-order chi connectivity index (χ1) is 7.59. The largest absolute Gasteiger partial charge is 0.480 e. The standard InChI is InChI=1S/C12H13NO3/c1-8-3-2-4-10-9(8)5-6-13(12(10)16)7-11(14)15/h2-4H,5-7H2,1H3,(H,14,15). The van der Waals surface area contributed by atoms with Crippen molar-refractivity contribution in [3.05, 3.63) is 34.9 Å². The summed E-state index contributed by atoms with van der Waals surface area (Å²) in [6, 6.07) is 5.56. The normalized spacial score (nSPS) is 14.8. The number of amides is 1. The second kappa shape index (κ2) is 3.96. The molecule has 2 rings (SSSR count). The van der Waals surface area contributed by atoms with Crippen molar-refractivity contribution < 1.29 is 14.7 Å². The molecule has 0 saturated heterocycles. The highest BCUT2D eigenvalue weighted by molar-refractivity contribution is 5.98. The molecule has 4 nitrogen and oxygen atoms in total. The van der Waals surface area contributed by atoms with Gasteiger partial charge in [0.2, 0.25) is 0 Å². The maximum atomic E-state index is 12.0. The fourth-order valence-electron chi connectivity index (χ4n) is 2.07. The van der Waals surface area contributed by atoms with Crippen LogP contribution in [0.4, 0.5) is 0 Å². The molecular formula is C12H13NO3. The summed E-state index contributed by atoms with van der Waals surface area (Å²) in [5.41, 5.74) is 2.79. The Bertz CT molecular complexity index is 454. The van der Waals surface area contributed by atoms with E-state index in [1.807, 2.05) is 19.1 Å². The highest BCUT2D eigenvalue weighted by Crippen LogP contribution is 2.21. The van der Waals surface area contributed by atoms with Crippen LogP contribution < -0.4 is 0 Å². The summed E-state index contributed by atoms with van der Waals surface area (Å²) < 4.78 is 0. The van der Waals surface area contributed by atoms with E-state index in [1.54, 1.807) is 6.07 Å². The average Bonchev–Trinajstić information content (AvgIpc) is 2.23. The minimum atomic E-state index is -0.968. The summed E-state index contributed by atoms with van der Waals surface area (Å²) >= 11 is 0. The lowest BCUT2D eigenvalue weighted by Gasteiger charge is -2.28. The third kappa shape index (κ3) is 1.78. The van der Waals surface area contributed by atoms with Gasteiger partial charge in [0.05, 0.1) is 0 Å². The third-order valence-electron chi connectivity index (χ3n) is 2.89. The zero-order chi connectivity index (χ0) is 11.7. The number of nitrogens with zero attached hydrogens (tertiary/aromatic N) is 1. The van der Waals surface area contributed by atoms with Crippen LogP contribution in [0.3, 0.4) is 0 Å². The van der Waals surface area contributed by atoms with E-state index < -0.39 is 5.97 Å². The lowest BCUT2D eigenvalue weighted by molar-refractivity contribution is -0.137. The average molecular weight is 219 g/mol. The number of carboxylic acids is 1. The molecule has 1 N–H and O–H groups in total. The van der Waals surface area contributed by atoms with Crippen molar-refractivity contribution in [1.82, 2.24) is 4.90 Å². The van der Waals surface area contributed by atoms with Crippen LogP contribution in [-0.2, 0) is 11.2 Å². The van der Waals surface area contributed by atoms with Gasteiger partial charge in [-0.25, -0.2) is 0 Å². The molecule has 1 aliphatic rings. The first kappa shape index (κ1) is 10.7. The topological polar surface area (TPSA) is 57.6 Å². The van der Waals surface area contributed by atoms with E-state index in [2.05, 4.69) is 0 Å².